The highest BCUT2D eigenvalue weighted by molar-refractivity contribution is 5.94. The summed E-state index contributed by atoms with van der Waals surface area (Å²) in [5.41, 5.74) is 1.53. The van der Waals surface area contributed by atoms with Crippen LogP contribution in [0.2, 0.25) is 0 Å². The minimum absolute atomic E-state index is 0.116. The van der Waals surface area contributed by atoms with Crippen molar-refractivity contribution >= 4 is 5.91 Å². The van der Waals surface area contributed by atoms with Crippen LogP contribution in [-0.2, 0) is 6.54 Å². The van der Waals surface area contributed by atoms with Gasteiger partial charge in [-0.3, -0.25) is 9.78 Å². The second-order valence-corrected chi connectivity index (χ2v) is 6.19. The van der Waals surface area contributed by atoms with Gasteiger partial charge < -0.3 is 10.0 Å². The first-order chi connectivity index (χ1) is 10.9. The van der Waals surface area contributed by atoms with Gasteiger partial charge in [0.05, 0.1) is 11.2 Å². The highest BCUT2D eigenvalue weighted by Gasteiger charge is 2.26. The lowest BCUT2D eigenvalue weighted by Crippen LogP contribution is -2.43. The van der Waals surface area contributed by atoms with Crippen molar-refractivity contribution in [3.8, 4) is 0 Å². The van der Waals surface area contributed by atoms with E-state index < -0.39 is 5.60 Å². The third-order valence-electron chi connectivity index (χ3n) is 3.95. The number of aliphatic hydroxyl groups is 1. The largest absolute Gasteiger partial charge is 0.388 e. The van der Waals surface area contributed by atoms with Crippen molar-refractivity contribution in [1.29, 1.82) is 0 Å². The summed E-state index contributed by atoms with van der Waals surface area (Å²) in [4.78, 5) is 18.7. The smallest absolute Gasteiger partial charge is 0.255 e. The van der Waals surface area contributed by atoms with Crippen LogP contribution in [-0.4, -0.2) is 33.0 Å². The van der Waals surface area contributed by atoms with Gasteiger partial charge in [-0.15, -0.1) is 0 Å². The molecule has 0 aliphatic carbocycles. The van der Waals surface area contributed by atoms with Crippen molar-refractivity contribution in [3.05, 3.63) is 65.5 Å². The molecule has 1 amide bonds. The summed E-state index contributed by atoms with van der Waals surface area (Å²) in [6, 6.07) is 13.4. The summed E-state index contributed by atoms with van der Waals surface area (Å²) >= 11 is 0. The number of aryl methyl sites for hydroxylation is 1. The fourth-order valence-electron chi connectivity index (χ4n) is 2.30. The van der Waals surface area contributed by atoms with E-state index in [-0.39, 0.29) is 12.5 Å². The molecule has 1 aromatic carbocycles. The third kappa shape index (κ3) is 4.89. The van der Waals surface area contributed by atoms with Crippen LogP contribution < -0.4 is 0 Å². The van der Waals surface area contributed by atoms with E-state index in [0.29, 0.717) is 18.5 Å². The minimum Gasteiger partial charge on any atom is -0.388 e. The molecule has 0 saturated carbocycles. The summed E-state index contributed by atoms with van der Waals surface area (Å²) in [6.07, 6.45) is 2.17. The van der Waals surface area contributed by atoms with Crippen LogP contribution in [0.15, 0.2) is 48.7 Å². The Labute approximate surface area is 137 Å². The summed E-state index contributed by atoms with van der Waals surface area (Å²) in [6.45, 7) is 6.30. The minimum atomic E-state index is -0.914. The molecule has 2 aromatic rings. The first-order valence-corrected chi connectivity index (χ1v) is 7.89. The molecule has 2 rings (SSSR count). The molecule has 0 fully saturated rings. The molecule has 0 unspecified atom stereocenters. The van der Waals surface area contributed by atoms with Crippen molar-refractivity contribution in [2.75, 3.05) is 6.54 Å². The Morgan fingerprint density at radius 2 is 1.91 bits per heavy atom. The van der Waals surface area contributed by atoms with Crippen molar-refractivity contribution in [2.45, 2.75) is 39.3 Å². The van der Waals surface area contributed by atoms with E-state index in [1.54, 1.807) is 24.1 Å². The Bertz CT molecular complexity index is 636. The average Bonchev–Trinajstić information content (AvgIpc) is 2.55. The van der Waals surface area contributed by atoms with Gasteiger partial charge in [0.1, 0.15) is 0 Å². The number of aromatic nitrogens is 1. The molecular weight excluding hydrogens is 288 g/mol. The quantitative estimate of drug-likeness (QED) is 0.891. The van der Waals surface area contributed by atoms with E-state index in [2.05, 4.69) is 4.98 Å². The zero-order chi connectivity index (χ0) is 16.9. The molecule has 4 heteroatoms. The van der Waals surface area contributed by atoms with Crippen LogP contribution in [0, 0.1) is 6.92 Å². The van der Waals surface area contributed by atoms with Crippen LogP contribution in [0.1, 0.15) is 41.9 Å². The lowest BCUT2D eigenvalue weighted by atomic mass is 10.0. The predicted molar refractivity (Wildman–Crippen MR) is 91.1 cm³/mol. The normalized spacial score (nSPS) is 13.4. The summed E-state index contributed by atoms with van der Waals surface area (Å²) in [5.74, 6) is -0.116. The fraction of sp³-hybridized carbons (Fsp3) is 0.368. The molecule has 0 aliphatic rings. The maximum absolute atomic E-state index is 12.8. The highest BCUT2D eigenvalue weighted by Crippen LogP contribution is 2.16. The van der Waals surface area contributed by atoms with Crippen molar-refractivity contribution < 1.29 is 9.90 Å². The molecule has 4 nitrogen and oxygen atoms in total. The maximum atomic E-state index is 12.8. The third-order valence-corrected chi connectivity index (χ3v) is 3.95. The van der Waals surface area contributed by atoms with Gasteiger partial charge >= 0.3 is 0 Å². The van der Waals surface area contributed by atoms with Crippen molar-refractivity contribution in [2.24, 2.45) is 0 Å². The Hall–Kier alpha value is -2.20. The van der Waals surface area contributed by atoms with Gasteiger partial charge in [-0.25, -0.2) is 0 Å². The number of pyridine rings is 1. The Morgan fingerprint density at radius 3 is 2.48 bits per heavy atom. The number of nitrogens with zero attached hydrogens (tertiary/aromatic N) is 2. The molecule has 0 radical (unpaired) electrons. The Balaban J connectivity index is 2.24. The first-order valence-electron chi connectivity index (χ1n) is 7.89. The molecule has 1 aromatic heterocycles. The standard InChI is InChI=1S/C19H24N2O2/c1-4-19(3,23)14-21(13-16-8-6-5-7-9-16)18(22)17-11-10-15(2)20-12-17/h5-12,23H,4,13-14H2,1-3H3/t19-/m1/s1. The van der Waals surface area contributed by atoms with E-state index in [1.165, 1.54) is 0 Å². The average molecular weight is 312 g/mol. The second kappa shape index (κ2) is 7.38. The SMILES string of the molecule is CC[C@@](C)(O)CN(Cc1ccccc1)C(=O)c1ccc(C)nc1. The van der Waals surface area contributed by atoms with E-state index in [0.717, 1.165) is 11.3 Å². The van der Waals surface area contributed by atoms with Gasteiger partial charge in [0.25, 0.3) is 5.91 Å². The van der Waals surface area contributed by atoms with Crippen LogP contribution in [0.25, 0.3) is 0 Å². The van der Waals surface area contributed by atoms with Gasteiger partial charge in [-0.2, -0.15) is 0 Å². The molecule has 0 bridgehead atoms. The van der Waals surface area contributed by atoms with E-state index in [4.69, 9.17) is 0 Å². The van der Waals surface area contributed by atoms with Gasteiger partial charge in [-0.05, 0) is 38.0 Å². The molecule has 0 saturated heterocycles. The van der Waals surface area contributed by atoms with Gasteiger partial charge in [-0.1, -0.05) is 37.3 Å². The topological polar surface area (TPSA) is 53.4 Å². The van der Waals surface area contributed by atoms with E-state index >= 15 is 0 Å². The lowest BCUT2D eigenvalue weighted by Gasteiger charge is -2.31. The van der Waals surface area contributed by atoms with Crippen molar-refractivity contribution in [3.63, 3.8) is 0 Å². The number of carbonyl (C=O) groups is 1. The molecule has 1 atom stereocenters. The molecule has 0 aliphatic heterocycles. The number of carbonyl (C=O) groups excluding carboxylic acids is 1. The number of rotatable bonds is 6. The second-order valence-electron chi connectivity index (χ2n) is 6.19. The Morgan fingerprint density at radius 1 is 1.22 bits per heavy atom. The number of amides is 1. The fourth-order valence-corrected chi connectivity index (χ4v) is 2.30. The highest BCUT2D eigenvalue weighted by atomic mass is 16.3. The van der Waals surface area contributed by atoms with E-state index in [1.807, 2.05) is 50.2 Å². The molecule has 1 heterocycles. The predicted octanol–water partition coefficient (Wildman–Crippen LogP) is 3.19. The Kier molecular flexibility index (Phi) is 5.50. The summed E-state index contributed by atoms with van der Waals surface area (Å²) in [7, 11) is 0. The molecule has 23 heavy (non-hydrogen) atoms. The molecule has 0 spiro atoms. The van der Waals surface area contributed by atoms with Crippen molar-refractivity contribution in [1.82, 2.24) is 9.88 Å². The van der Waals surface area contributed by atoms with E-state index in [9.17, 15) is 9.90 Å². The zero-order valence-electron chi connectivity index (χ0n) is 14.0. The number of hydrogen-bond acceptors (Lipinski definition) is 3. The molecular formula is C19H24N2O2. The number of benzene rings is 1. The van der Waals surface area contributed by atoms with Crippen LogP contribution in [0.4, 0.5) is 0 Å². The van der Waals surface area contributed by atoms with Gasteiger partial charge in [0, 0.05) is 25.0 Å². The summed E-state index contributed by atoms with van der Waals surface area (Å²) < 4.78 is 0. The lowest BCUT2D eigenvalue weighted by molar-refractivity contribution is 0.0135. The zero-order valence-corrected chi connectivity index (χ0v) is 14.0. The summed E-state index contributed by atoms with van der Waals surface area (Å²) in [5, 5.41) is 10.4. The van der Waals surface area contributed by atoms with Gasteiger partial charge in [0.15, 0.2) is 0 Å². The van der Waals surface area contributed by atoms with Gasteiger partial charge in [0.2, 0.25) is 0 Å². The molecule has 122 valence electrons. The van der Waals surface area contributed by atoms with Crippen LogP contribution in [0.3, 0.4) is 0 Å². The maximum Gasteiger partial charge on any atom is 0.255 e. The molecule has 1 N–H and O–H groups in total. The number of hydrogen-bond donors (Lipinski definition) is 1. The van der Waals surface area contributed by atoms with Crippen LogP contribution in [0.5, 0.6) is 0 Å². The van der Waals surface area contributed by atoms with Crippen LogP contribution >= 0.6 is 0 Å². The monoisotopic (exact) mass is 312 g/mol. The first kappa shape index (κ1) is 17.2.